The van der Waals surface area contributed by atoms with Crippen LogP contribution >= 0.6 is 12.4 Å². The highest BCUT2D eigenvalue weighted by atomic mass is 35.5. The van der Waals surface area contributed by atoms with E-state index in [-0.39, 0.29) is 12.4 Å². The second-order valence-corrected chi connectivity index (χ2v) is 1.16. The lowest BCUT2D eigenvalue weighted by Crippen LogP contribution is -2.40. The van der Waals surface area contributed by atoms with Gasteiger partial charge in [-0.1, -0.05) is 0 Å². The van der Waals surface area contributed by atoms with Crippen LogP contribution in [0.1, 0.15) is 11.0 Å². The molecular formula is C5H13ClN2. The molecule has 1 N–H and O–H groups in total. The van der Waals surface area contributed by atoms with Crippen LogP contribution in [0, 0.1) is 0 Å². The van der Waals surface area contributed by atoms with Crippen molar-refractivity contribution in [2.75, 3.05) is 33.0 Å². The summed E-state index contributed by atoms with van der Waals surface area (Å²) in [5, 5.41) is 1.72. The topological polar surface area (TPSA) is 15.3 Å². The molecule has 1 aliphatic rings. The number of piperazine rings is 1. The van der Waals surface area contributed by atoms with Crippen LogP contribution in [0.3, 0.4) is 0 Å². The standard InChI is InChI=1S/C5H12N2.ClH/c1-7-4-2-6-3-5-7;/h6H,2-5H2,1H3;1H/i2D2,3D2,4D2,5D2;. The van der Waals surface area contributed by atoms with E-state index in [1.165, 1.54) is 0 Å². The maximum absolute atomic E-state index is 7.42. The van der Waals surface area contributed by atoms with Crippen molar-refractivity contribution in [3.63, 3.8) is 0 Å². The summed E-state index contributed by atoms with van der Waals surface area (Å²) in [5.41, 5.74) is 0. The van der Waals surface area contributed by atoms with E-state index in [1.54, 1.807) is 5.32 Å². The SMILES string of the molecule is Cl.[2H]C1([2H])NC([2H])([2H])C([2H])([2H])N(C)C1([2H])[2H]. The molecule has 1 saturated heterocycles. The van der Waals surface area contributed by atoms with E-state index in [9.17, 15) is 0 Å². The monoisotopic (exact) mass is 144 g/mol. The van der Waals surface area contributed by atoms with Crippen molar-refractivity contribution in [2.45, 2.75) is 0 Å². The Kier molecular flexibility index (Phi) is 0.951. The molecule has 0 aliphatic carbocycles. The van der Waals surface area contributed by atoms with Crippen LogP contribution in [0.15, 0.2) is 0 Å². The van der Waals surface area contributed by atoms with Crippen molar-refractivity contribution < 1.29 is 11.0 Å². The van der Waals surface area contributed by atoms with E-state index in [4.69, 9.17) is 11.0 Å². The molecule has 1 aliphatic heterocycles. The Morgan fingerprint density at radius 3 is 2.50 bits per heavy atom. The van der Waals surface area contributed by atoms with E-state index < -0.39 is 26.0 Å². The van der Waals surface area contributed by atoms with Crippen molar-refractivity contribution in [1.82, 2.24) is 10.2 Å². The van der Waals surface area contributed by atoms with Gasteiger partial charge in [-0.15, -0.1) is 12.4 Å². The highest BCUT2D eigenvalue weighted by molar-refractivity contribution is 5.85. The van der Waals surface area contributed by atoms with Gasteiger partial charge in [0, 0.05) is 37.0 Å². The number of hydrogen-bond acceptors (Lipinski definition) is 2. The number of rotatable bonds is 0. The van der Waals surface area contributed by atoms with Gasteiger partial charge in [0.2, 0.25) is 0 Å². The molecule has 0 spiro atoms. The normalized spacial score (nSPS) is 62.1. The van der Waals surface area contributed by atoms with Gasteiger partial charge in [0.25, 0.3) is 0 Å². The first-order valence-corrected chi connectivity index (χ1v) is 1.89. The highest BCUT2D eigenvalue weighted by Crippen LogP contribution is 1.82. The van der Waals surface area contributed by atoms with Gasteiger partial charge in [-0.05, 0) is 7.05 Å². The van der Waals surface area contributed by atoms with Gasteiger partial charge in [0.1, 0.15) is 0 Å². The zero-order chi connectivity index (χ0) is 12.3. The second kappa shape index (κ2) is 4.13. The lowest BCUT2D eigenvalue weighted by molar-refractivity contribution is 0.291. The number of nitrogens with one attached hydrogen (secondary N) is 1. The molecule has 0 radical (unpaired) electrons. The van der Waals surface area contributed by atoms with Crippen LogP contribution in [-0.4, -0.2) is 37.9 Å². The van der Waals surface area contributed by atoms with Crippen LogP contribution < -0.4 is 5.32 Å². The Bertz CT molecular complexity index is 254. The molecule has 0 unspecified atom stereocenters. The van der Waals surface area contributed by atoms with Gasteiger partial charge < -0.3 is 10.2 Å². The molecule has 1 fully saturated rings. The first-order chi connectivity index (χ1) is 6.36. The molecular weight excluding hydrogens is 124 g/mol. The molecule has 0 aromatic heterocycles. The molecule has 0 aromatic carbocycles. The predicted octanol–water partition coefficient (Wildman–Crippen LogP) is -0.0568. The van der Waals surface area contributed by atoms with Crippen LogP contribution in [0.25, 0.3) is 0 Å². The zero-order valence-corrected chi connectivity index (χ0v) is 5.17. The molecule has 50 valence electrons. The maximum atomic E-state index is 7.42. The fraction of sp³-hybridized carbons (Fsp3) is 1.00. The summed E-state index contributed by atoms with van der Waals surface area (Å²) in [6, 6.07) is 0. The summed E-state index contributed by atoms with van der Waals surface area (Å²) >= 11 is 0. The zero-order valence-electron chi connectivity index (χ0n) is 12.4. The largest absolute Gasteiger partial charge is 0.314 e. The van der Waals surface area contributed by atoms with Crippen molar-refractivity contribution in [1.29, 1.82) is 0 Å². The Morgan fingerprint density at radius 1 is 1.50 bits per heavy atom. The molecule has 1 heterocycles. The van der Waals surface area contributed by atoms with E-state index in [2.05, 4.69) is 0 Å². The first kappa shape index (κ1) is 1.84. The summed E-state index contributed by atoms with van der Waals surface area (Å²) in [6.45, 7) is -10.6. The van der Waals surface area contributed by atoms with Crippen molar-refractivity contribution in [3.8, 4) is 0 Å². The van der Waals surface area contributed by atoms with Gasteiger partial charge in [0.05, 0.1) is 0 Å². The van der Waals surface area contributed by atoms with Crippen molar-refractivity contribution >= 4 is 12.4 Å². The predicted molar refractivity (Wildman–Crippen MR) is 37.6 cm³/mol. The molecule has 0 bridgehead atoms. The maximum Gasteiger partial charge on any atom is 0.0444 e. The molecule has 3 heteroatoms. The Hall–Kier alpha value is 0.210. The lowest BCUT2D eigenvalue weighted by atomic mass is 10.4. The van der Waals surface area contributed by atoms with Crippen LogP contribution in [0.5, 0.6) is 0 Å². The molecule has 0 aromatic rings. The van der Waals surface area contributed by atoms with Crippen LogP contribution in [0.2, 0.25) is 0 Å². The van der Waals surface area contributed by atoms with Crippen LogP contribution in [-0.2, 0) is 0 Å². The third-order valence-corrected chi connectivity index (χ3v) is 0.572. The quantitative estimate of drug-likeness (QED) is 0.513. The smallest absolute Gasteiger partial charge is 0.0444 e. The van der Waals surface area contributed by atoms with Gasteiger partial charge in [-0.25, -0.2) is 0 Å². The summed E-state index contributed by atoms with van der Waals surface area (Å²) in [6.07, 6.45) is 0. The minimum atomic E-state index is -2.67. The van der Waals surface area contributed by atoms with Crippen molar-refractivity contribution in [3.05, 3.63) is 0 Å². The fourth-order valence-corrected chi connectivity index (χ4v) is 0.283. The second-order valence-electron chi connectivity index (χ2n) is 1.16. The summed E-state index contributed by atoms with van der Waals surface area (Å²) in [4.78, 5) is 0.427. The molecule has 2 nitrogen and oxygen atoms in total. The average molecular weight is 145 g/mol. The fourth-order valence-electron chi connectivity index (χ4n) is 0.283. The number of halogens is 1. The molecule has 1 rings (SSSR count). The van der Waals surface area contributed by atoms with Gasteiger partial charge in [-0.2, -0.15) is 0 Å². The van der Waals surface area contributed by atoms with Crippen molar-refractivity contribution in [2.24, 2.45) is 0 Å². The van der Waals surface area contributed by atoms with Gasteiger partial charge in [0.15, 0.2) is 0 Å². The molecule has 0 saturated carbocycles. The number of nitrogens with zero attached hydrogens (tertiary/aromatic N) is 1. The molecule has 0 atom stereocenters. The molecule has 0 amide bonds. The Balaban J connectivity index is 0.00000225. The molecule has 8 heavy (non-hydrogen) atoms. The average Bonchev–Trinajstić information content (AvgIpc) is 1.98. The van der Waals surface area contributed by atoms with E-state index in [0.29, 0.717) is 4.90 Å². The summed E-state index contributed by atoms with van der Waals surface area (Å²) in [5.74, 6) is 0. The Labute approximate surface area is 67.9 Å². The highest BCUT2D eigenvalue weighted by Gasteiger charge is 2.01. The lowest BCUT2D eigenvalue weighted by Gasteiger charge is -2.21. The van der Waals surface area contributed by atoms with Gasteiger partial charge >= 0.3 is 0 Å². The first-order valence-electron chi connectivity index (χ1n) is 5.89. The van der Waals surface area contributed by atoms with Gasteiger partial charge in [-0.3, -0.25) is 0 Å². The minimum absolute atomic E-state index is 0. The number of likely N-dealkylation sites (N-methyl/N-ethyl adjacent to an activating group) is 1. The van der Waals surface area contributed by atoms with E-state index in [1.807, 2.05) is 0 Å². The minimum Gasteiger partial charge on any atom is -0.314 e. The third kappa shape index (κ3) is 2.50. The summed E-state index contributed by atoms with van der Waals surface area (Å²) in [7, 11) is 1.01. The van der Waals surface area contributed by atoms with E-state index >= 15 is 0 Å². The Morgan fingerprint density at radius 2 is 2.00 bits per heavy atom. The number of hydrogen-bond donors (Lipinski definition) is 1. The van der Waals surface area contributed by atoms with E-state index in [0.717, 1.165) is 7.05 Å². The van der Waals surface area contributed by atoms with Crippen LogP contribution in [0.4, 0.5) is 0 Å². The third-order valence-electron chi connectivity index (χ3n) is 0.572. The summed E-state index contributed by atoms with van der Waals surface area (Å²) < 4.78 is 59.0.